The van der Waals surface area contributed by atoms with Crippen LogP contribution in [0.5, 0.6) is 5.75 Å². The average molecular weight is 371 g/mol. The first-order chi connectivity index (χ1) is 13.0. The molecule has 0 spiro atoms. The smallest absolute Gasteiger partial charge is 0.273 e. The first kappa shape index (κ1) is 18.0. The van der Waals surface area contributed by atoms with Crippen LogP contribution in [0, 0.1) is 0 Å². The fraction of sp³-hybridized carbons (Fsp3) is 0.550. The van der Waals surface area contributed by atoms with E-state index in [0.717, 1.165) is 36.3 Å². The number of ether oxygens (including phenoxy) is 1. The number of carbonyl (C=O) groups is 3. The molecule has 1 aromatic rings. The number of hydrazine groups is 1. The predicted octanol–water partition coefficient (Wildman–Crippen LogP) is 2.14. The molecule has 0 bridgehead atoms. The molecule has 4 rings (SSSR count). The minimum Gasteiger partial charge on any atom is -0.489 e. The average Bonchev–Trinajstić information content (AvgIpc) is 2.81. The number of piperidine rings is 1. The van der Waals surface area contributed by atoms with Crippen LogP contribution in [-0.2, 0) is 16.1 Å². The molecule has 2 heterocycles. The summed E-state index contributed by atoms with van der Waals surface area (Å²) in [5.74, 6) is -0.255. The topological polar surface area (TPSA) is 92.9 Å². The maximum absolute atomic E-state index is 12.7. The van der Waals surface area contributed by atoms with Gasteiger partial charge in [0.1, 0.15) is 11.9 Å². The van der Waals surface area contributed by atoms with Crippen LogP contribution in [0.2, 0.25) is 0 Å². The molecule has 1 aliphatic carbocycles. The first-order valence-electron chi connectivity index (χ1n) is 9.77. The lowest BCUT2D eigenvalue weighted by molar-refractivity contribution is -0.163. The Morgan fingerprint density at radius 2 is 1.70 bits per heavy atom. The van der Waals surface area contributed by atoms with Gasteiger partial charge < -0.3 is 10.5 Å². The fourth-order valence-corrected chi connectivity index (χ4v) is 4.15. The van der Waals surface area contributed by atoms with Crippen molar-refractivity contribution in [3.05, 3.63) is 29.3 Å². The normalized spacial score (nSPS) is 26.2. The van der Waals surface area contributed by atoms with Gasteiger partial charge in [0.05, 0.1) is 6.54 Å². The molecular formula is C20H25N3O4. The van der Waals surface area contributed by atoms with E-state index in [-0.39, 0.29) is 36.4 Å². The second kappa shape index (κ2) is 7.31. The van der Waals surface area contributed by atoms with E-state index in [2.05, 4.69) is 0 Å². The highest BCUT2D eigenvalue weighted by Gasteiger charge is 2.39. The van der Waals surface area contributed by atoms with E-state index in [4.69, 9.17) is 10.5 Å². The van der Waals surface area contributed by atoms with Gasteiger partial charge in [-0.1, -0.05) is 12.8 Å². The van der Waals surface area contributed by atoms with Gasteiger partial charge in [0.25, 0.3) is 5.91 Å². The molecule has 3 amide bonds. The Balaban J connectivity index is 1.52. The summed E-state index contributed by atoms with van der Waals surface area (Å²) >= 11 is 0. The summed E-state index contributed by atoms with van der Waals surface area (Å²) < 4.78 is 6.13. The van der Waals surface area contributed by atoms with Crippen LogP contribution in [0.15, 0.2) is 18.2 Å². The molecular weight excluding hydrogens is 346 g/mol. The third-order valence-corrected chi connectivity index (χ3v) is 5.65. The van der Waals surface area contributed by atoms with Gasteiger partial charge >= 0.3 is 0 Å². The van der Waals surface area contributed by atoms with Crippen molar-refractivity contribution in [2.75, 3.05) is 0 Å². The molecule has 1 aromatic carbocycles. The molecule has 0 unspecified atom stereocenters. The first-order valence-corrected chi connectivity index (χ1v) is 9.77. The minimum absolute atomic E-state index is 0.0162. The van der Waals surface area contributed by atoms with Crippen molar-refractivity contribution in [2.24, 2.45) is 5.73 Å². The van der Waals surface area contributed by atoms with E-state index >= 15 is 0 Å². The summed E-state index contributed by atoms with van der Waals surface area (Å²) in [7, 11) is 0. The fourth-order valence-electron chi connectivity index (χ4n) is 4.15. The van der Waals surface area contributed by atoms with Gasteiger partial charge in [0.15, 0.2) is 0 Å². The molecule has 2 N–H and O–H groups in total. The highest BCUT2D eigenvalue weighted by atomic mass is 16.5. The summed E-state index contributed by atoms with van der Waals surface area (Å²) in [5, 5.41) is 2.28. The monoisotopic (exact) mass is 371 g/mol. The summed E-state index contributed by atoms with van der Waals surface area (Å²) in [5.41, 5.74) is 7.52. The van der Waals surface area contributed by atoms with E-state index in [1.54, 1.807) is 12.1 Å². The number of carbonyl (C=O) groups excluding carboxylic acids is 3. The van der Waals surface area contributed by atoms with Crippen molar-refractivity contribution in [2.45, 2.75) is 70.1 Å². The van der Waals surface area contributed by atoms with E-state index in [9.17, 15) is 14.4 Å². The standard InChI is InChI=1S/C20H25N3O4/c21-16-5-2-1-3-6-17(16)27-14-9-10-15-13(11-14)12-22(20(15)26)23-18(24)7-4-8-19(23)25/h9-11,16-17H,1-8,12,21H2/t16-,17-/m0/s1. The Hall–Kier alpha value is -2.41. The zero-order valence-electron chi connectivity index (χ0n) is 15.4. The van der Waals surface area contributed by atoms with Gasteiger partial charge in [-0.05, 0) is 49.4 Å². The number of rotatable bonds is 3. The van der Waals surface area contributed by atoms with Crippen LogP contribution in [-0.4, -0.2) is 39.9 Å². The van der Waals surface area contributed by atoms with E-state index in [1.807, 2.05) is 6.07 Å². The van der Waals surface area contributed by atoms with E-state index in [1.165, 1.54) is 11.4 Å². The Morgan fingerprint density at radius 1 is 0.963 bits per heavy atom. The number of hydrogen-bond donors (Lipinski definition) is 1. The van der Waals surface area contributed by atoms with Crippen LogP contribution >= 0.6 is 0 Å². The molecule has 0 aromatic heterocycles. The highest BCUT2D eigenvalue weighted by Crippen LogP contribution is 2.31. The minimum atomic E-state index is -0.314. The molecule has 7 heteroatoms. The van der Waals surface area contributed by atoms with Gasteiger partial charge in [-0.2, -0.15) is 5.01 Å². The number of nitrogens with zero attached hydrogens (tertiary/aromatic N) is 2. The number of amides is 3. The summed E-state index contributed by atoms with van der Waals surface area (Å²) in [6.07, 6.45) is 6.41. The van der Waals surface area contributed by atoms with Gasteiger partial charge in [-0.15, -0.1) is 0 Å². The largest absolute Gasteiger partial charge is 0.489 e. The molecule has 2 aliphatic heterocycles. The SMILES string of the molecule is N[C@H]1CCCCC[C@@H]1Oc1ccc2c(c1)CN(N1C(=O)CCCC1=O)C2=O. The maximum Gasteiger partial charge on any atom is 0.273 e. The van der Waals surface area contributed by atoms with Crippen LogP contribution < -0.4 is 10.5 Å². The summed E-state index contributed by atoms with van der Waals surface area (Å²) in [4.78, 5) is 37.0. The number of nitrogens with two attached hydrogens (primary N) is 1. The molecule has 2 fully saturated rings. The van der Waals surface area contributed by atoms with Crippen LogP contribution in [0.25, 0.3) is 0 Å². The highest BCUT2D eigenvalue weighted by molar-refractivity contribution is 6.04. The van der Waals surface area contributed by atoms with Crippen molar-refractivity contribution in [1.82, 2.24) is 10.0 Å². The third-order valence-electron chi connectivity index (χ3n) is 5.65. The van der Waals surface area contributed by atoms with E-state index < -0.39 is 0 Å². The van der Waals surface area contributed by atoms with Crippen LogP contribution in [0.1, 0.15) is 67.3 Å². The van der Waals surface area contributed by atoms with Crippen molar-refractivity contribution >= 4 is 17.7 Å². The quantitative estimate of drug-likeness (QED) is 0.649. The van der Waals surface area contributed by atoms with Crippen LogP contribution in [0.3, 0.4) is 0 Å². The Labute approximate surface area is 158 Å². The molecule has 144 valence electrons. The second-order valence-corrected chi connectivity index (χ2v) is 7.59. The Morgan fingerprint density at radius 3 is 2.48 bits per heavy atom. The van der Waals surface area contributed by atoms with Crippen molar-refractivity contribution in [3.63, 3.8) is 0 Å². The zero-order chi connectivity index (χ0) is 19.0. The molecule has 7 nitrogen and oxygen atoms in total. The Kier molecular flexibility index (Phi) is 4.86. The molecule has 0 radical (unpaired) electrons. The van der Waals surface area contributed by atoms with Gasteiger partial charge in [-0.3, -0.25) is 14.4 Å². The van der Waals surface area contributed by atoms with Crippen molar-refractivity contribution in [1.29, 1.82) is 0 Å². The molecule has 27 heavy (non-hydrogen) atoms. The molecule has 1 saturated carbocycles. The maximum atomic E-state index is 12.7. The second-order valence-electron chi connectivity index (χ2n) is 7.59. The molecule has 3 aliphatic rings. The van der Waals surface area contributed by atoms with E-state index in [0.29, 0.717) is 30.6 Å². The summed E-state index contributed by atoms with van der Waals surface area (Å²) in [6.45, 7) is 0.208. The summed E-state index contributed by atoms with van der Waals surface area (Å²) in [6, 6.07) is 5.35. The van der Waals surface area contributed by atoms with Gasteiger partial charge in [0.2, 0.25) is 11.8 Å². The van der Waals surface area contributed by atoms with Gasteiger partial charge in [-0.25, -0.2) is 5.01 Å². The zero-order valence-corrected chi connectivity index (χ0v) is 15.4. The van der Waals surface area contributed by atoms with Crippen molar-refractivity contribution < 1.29 is 19.1 Å². The third kappa shape index (κ3) is 3.43. The Bertz CT molecular complexity index is 762. The van der Waals surface area contributed by atoms with Gasteiger partial charge in [0, 0.05) is 24.4 Å². The lowest BCUT2D eigenvalue weighted by Crippen LogP contribution is -2.51. The van der Waals surface area contributed by atoms with Crippen LogP contribution in [0.4, 0.5) is 0 Å². The molecule has 2 atom stereocenters. The lowest BCUT2D eigenvalue weighted by atomic mass is 10.1. The number of imide groups is 1. The predicted molar refractivity (Wildman–Crippen MR) is 97.5 cm³/mol. The number of benzene rings is 1. The van der Waals surface area contributed by atoms with Crippen molar-refractivity contribution in [3.8, 4) is 5.75 Å². The number of hydrogen-bond acceptors (Lipinski definition) is 5. The molecule has 1 saturated heterocycles. The number of fused-ring (bicyclic) bond motifs is 1. The lowest BCUT2D eigenvalue weighted by Gasteiger charge is -2.32.